The summed E-state index contributed by atoms with van der Waals surface area (Å²) >= 11 is 0. The summed E-state index contributed by atoms with van der Waals surface area (Å²) in [6.45, 7) is 2.70. The second-order valence-corrected chi connectivity index (χ2v) is 4.85. The maximum Gasteiger partial charge on any atom is 0.252 e. The van der Waals surface area contributed by atoms with Gasteiger partial charge in [-0.15, -0.1) is 0 Å². The lowest BCUT2D eigenvalue weighted by Crippen LogP contribution is -2.26. The Morgan fingerprint density at radius 2 is 1.52 bits per heavy atom. The van der Waals surface area contributed by atoms with E-state index in [4.69, 9.17) is 0 Å². The molecule has 0 aliphatic heterocycles. The van der Waals surface area contributed by atoms with Crippen molar-refractivity contribution in [2.24, 2.45) is 0 Å². The van der Waals surface area contributed by atoms with Gasteiger partial charge in [0.25, 0.3) is 5.91 Å². The molecule has 0 radical (unpaired) electrons. The molecule has 0 saturated heterocycles. The number of rotatable bonds is 6. The van der Waals surface area contributed by atoms with Crippen LogP contribution in [0.2, 0.25) is 0 Å². The van der Waals surface area contributed by atoms with Crippen molar-refractivity contribution in [3.8, 4) is 0 Å². The summed E-state index contributed by atoms with van der Waals surface area (Å²) in [4.78, 5) is 24.7. The number of unbranched alkanes of at least 4 members (excludes halogenated alkanes) is 1. The summed E-state index contributed by atoms with van der Waals surface area (Å²) < 4.78 is 0. The maximum atomic E-state index is 12.5. The molecule has 0 unspecified atom stereocenters. The van der Waals surface area contributed by atoms with Gasteiger partial charge in [0.15, 0.2) is 5.78 Å². The smallest absolute Gasteiger partial charge is 0.252 e. The summed E-state index contributed by atoms with van der Waals surface area (Å²) in [5.41, 5.74) is 1.46. The van der Waals surface area contributed by atoms with Gasteiger partial charge < -0.3 is 5.32 Å². The Hall–Kier alpha value is -2.42. The monoisotopic (exact) mass is 281 g/mol. The molecule has 108 valence electrons. The van der Waals surface area contributed by atoms with Gasteiger partial charge >= 0.3 is 0 Å². The molecule has 3 heteroatoms. The Kier molecular flexibility index (Phi) is 5.27. The molecule has 0 aliphatic rings. The SMILES string of the molecule is CCCCNC(=O)c1ccccc1C(=O)c1ccccc1. The molecule has 2 aromatic rings. The number of carbonyl (C=O) groups excluding carboxylic acids is 2. The van der Waals surface area contributed by atoms with Gasteiger partial charge in [0, 0.05) is 17.7 Å². The number of hydrogen-bond donors (Lipinski definition) is 1. The summed E-state index contributed by atoms with van der Waals surface area (Å²) in [6.07, 6.45) is 1.95. The lowest BCUT2D eigenvalue weighted by Gasteiger charge is -2.09. The highest BCUT2D eigenvalue weighted by Crippen LogP contribution is 2.14. The molecule has 2 aromatic carbocycles. The molecule has 0 aromatic heterocycles. The second kappa shape index (κ2) is 7.39. The average molecular weight is 281 g/mol. The van der Waals surface area contributed by atoms with Crippen molar-refractivity contribution in [3.05, 3.63) is 71.3 Å². The minimum atomic E-state index is -0.191. The zero-order chi connectivity index (χ0) is 15.1. The van der Waals surface area contributed by atoms with Crippen LogP contribution < -0.4 is 5.32 Å². The van der Waals surface area contributed by atoms with Crippen LogP contribution in [0, 0.1) is 0 Å². The highest BCUT2D eigenvalue weighted by Gasteiger charge is 2.17. The molecule has 3 nitrogen and oxygen atoms in total. The Morgan fingerprint density at radius 3 is 2.19 bits per heavy atom. The number of hydrogen-bond acceptors (Lipinski definition) is 2. The first-order valence-electron chi connectivity index (χ1n) is 7.21. The molecule has 0 aliphatic carbocycles. The van der Waals surface area contributed by atoms with Crippen molar-refractivity contribution in [3.63, 3.8) is 0 Å². The number of nitrogens with one attached hydrogen (secondary N) is 1. The molecule has 0 heterocycles. The fourth-order valence-electron chi connectivity index (χ4n) is 2.10. The third kappa shape index (κ3) is 3.78. The van der Waals surface area contributed by atoms with Gasteiger partial charge in [-0.25, -0.2) is 0 Å². The Balaban J connectivity index is 2.25. The molecular formula is C18H19NO2. The molecule has 1 amide bonds. The van der Waals surface area contributed by atoms with E-state index in [2.05, 4.69) is 12.2 Å². The van der Waals surface area contributed by atoms with E-state index >= 15 is 0 Å². The molecule has 0 bridgehead atoms. The predicted molar refractivity (Wildman–Crippen MR) is 83.6 cm³/mol. The number of benzene rings is 2. The van der Waals surface area contributed by atoms with Crippen LogP contribution in [0.25, 0.3) is 0 Å². The quantitative estimate of drug-likeness (QED) is 0.651. The molecule has 0 fully saturated rings. The molecule has 0 atom stereocenters. The van der Waals surface area contributed by atoms with Gasteiger partial charge in [-0.3, -0.25) is 9.59 Å². The van der Waals surface area contributed by atoms with Crippen molar-refractivity contribution in [1.82, 2.24) is 5.32 Å². The van der Waals surface area contributed by atoms with Crippen LogP contribution in [-0.2, 0) is 0 Å². The molecule has 0 spiro atoms. The number of ketones is 1. The fourth-order valence-corrected chi connectivity index (χ4v) is 2.10. The predicted octanol–water partition coefficient (Wildman–Crippen LogP) is 3.45. The number of carbonyl (C=O) groups is 2. The summed E-state index contributed by atoms with van der Waals surface area (Å²) in [7, 11) is 0. The van der Waals surface area contributed by atoms with Gasteiger partial charge in [0.1, 0.15) is 0 Å². The fraction of sp³-hybridized carbons (Fsp3) is 0.222. The van der Waals surface area contributed by atoms with E-state index in [0.717, 1.165) is 12.8 Å². The Morgan fingerprint density at radius 1 is 0.905 bits per heavy atom. The molecule has 2 rings (SSSR count). The Labute approximate surface area is 125 Å². The van der Waals surface area contributed by atoms with Crippen molar-refractivity contribution >= 4 is 11.7 Å². The topological polar surface area (TPSA) is 46.2 Å². The third-order valence-electron chi connectivity index (χ3n) is 3.27. The first-order chi connectivity index (χ1) is 10.2. The van der Waals surface area contributed by atoms with E-state index in [1.54, 1.807) is 36.4 Å². The van der Waals surface area contributed by atoms with E-state index < -0.39 is 0 Å². The molecule has 21 heavy (non-hydrogen) atoms. The van der Waals surface area contributed by atoms with E-state index in [-0.39, 0.29) is 11.7 Å². The highest BCUT2D eigenvalue weighted by molar-refractivity contribution is 6.15. The van der Waals surface area contributed by atoms with Crippen molar-refractivity contribution in [2.45, 2.75) is 19.8 Å². The van der Waals surface area contributed by atoms with Crippen LogP contribution in [0.15, 0.2) is 54.6 Å². The highest BCUT2D eigenvalue weighted by atomic mass is 16.2. The van der Waals surface area contributed by atoms with Crippen LogP contribution in [-0.4, -0.2) is 18.2 Å². The minimum absolute atomic E-state index is 0.128. The van der Waals surface area contributed by atoms with Gasteiger partial charge in [-0.2, -0.15) is 0 Å². The van der Waals surface area contributed by atoms with E-state index in [9.17, 15) is 9.59 Å². The van der Waals surface area contributed by atoms with Crippen LogP contribution in [0.1, 0.15) is 46.0 Å². The zero-order valence-corrected chi connectivity index (χ0v) is 12.1. The van der Waals surface area contributed by atoms with Crippen LogP contribution in [0.3, 0.4) is 0 Å². The minimum Gasteiger partial charge on any atom is -0.352 e. The van der Waals surface area contributed by atoms with Crippen LogP contribution in [0.4, 0.5) is 0 Å². The molecular weight excluding hydrogens is 262 g/mol. The first kappa shape index (κ1) is 15.0. The third-order valence-corrected chi connectivity index (χ3v) is 3.27. The van der Waals surface area contributed by atoms with Crippen molar-refractivity contribution < 1.29 is 9.59 Å². The second-order valence-electron chi connectivity index (χ2n) is 4.85. The lowest BCUT2D eigenvalue weighted by molar-refractivity contribution is 0.0941. The van der Waals surface area contributed by atoms with Gasteiger partial charge in [0.05, 0.1) is 5.56 Å². The normalized spacial score (nSPS) is 10.1. The first-order valence-corrected chi connectivity index (χ1v) is 7.21. The average Bonchev–Trinajstić information content (AvgIpc) is 2.55. The van der Waals surface area contributed by atoms with Gasteiger partial charge in [-0.05, 0) is 12.5 Å². The number of amides is 1. The Bertz CT molecular complexity index is 620. The standard InChI is InChI=1S/C18H19NO2/c1-2-3-13-19-18(21)16-12-8-7-11-15(16)17(20)14-9-5-4-6-10-14/h4-12H,2-3,13H2,1H3,(H,19,21). The van der Waals surface area contributed by atoms with Crippen LogP contribution in [0.5, 0.6) is 0 Å². The summed E-state index contributed by atoms with van der Waals surface area (Å²) in [5, 5.41) is 2.86. The maximum absolute atomic E-state index is 12.5. The lowest BCUT2D eigenvalue weighted by atomic mass is 9.98. The molecule has 1 N–H and O–H groups in total. The van der Waals surface area contributed by atoms with Crippen LogP contribution >= 0.6 is 0 Å². The molecule has 0 saturated carbocycles. The summed E-state index contributed by atoms with van der Waals surface area (Å²) in [6, 6.07) is 16.0. The van der Waals surface area contributed by atoms with Gasteiger partial charge in [-0.1, -0.05) is 61.9 Å². The van der Waals surface area contributed by atoms with Gasteiger partial charge in [0.2, 0.25) is 0 Å². The van der Waals surface area contributed by atoms with E-state index in [1.807, 2.05) is 18.2 Å². The van der Waals surface area contributed by atoms with E-state index in [0.29, 0.717) is 23.2 Å². The van der Waals surface area contributed by atoms with E-state index in [1.165, 1.54) is 0 Å². The van der Waals surface area contributed by atoms with Crippen molar-refractivity contribution in [1.29, 1.82) is 0 Å². The van der Waals surface area contributed by atoms with Crippen molar-refractivity contribution in [2.75, 3.05) is 6.54 Å². The largest absolute Gasteiger partial charge is 0.352 e. The summed E-state index contributed by atoms with van der Waals surface area (Å²) in [5.74, 6) is -0.319. The zero-order valence-electron chi connectivity index (χ0n) is 12.1.